The van der Waals surface area contributed by atoms with E-state index < -0.39 is 0 Å². The predicted molar refractivity (Wildman–Crippen MR) is 80.6 cm³/mol. The minimum atomic E-state index is 0.150. The lowest BCUT2D eigenvalue weighted by Crippen LogP contribution is -2.42. The molecule has 2 N–H and O–H groups in total. The highest BCUT2D eigenvalue weighted by Gasteiger charge is 2.26. The number of aromatic nitrogens is 2. The lowest BCUT2D eigenvalue weighted by atomic mass is 9.92. The number of anilines is 1. The minimum absolute atomic E-state index is 0.150. The Kier molecular flexibility index (Phi) is 5.73. The van der Waals surface area contributed by atoms with Crippen LogP contribution in [0, 0.1) is 5.92 Å². The second-order valence-electron chi connectivity index (χ2n) is 5.92. The van der Waals surface area contributed by atoms with Gasteiger partial charge in [0.15, 0.2) is 0 Å². The molecule has 5 nitrogen and oxygen atoms in total. The molecule has 2 rings (SSSR count). The van der Waals surface area contributed by atoms with Crippen LogP contribution in [0.4, 0.5) is 5.95 Å². The van der Waals surface area contributed by atoms with Gasteiger partial charge in [-0.2, -0.15) is 0 Å². The van der Waals surface area contributed by atoms with Crippen molar-refractivity contribution in [2.75, 3.05) is 24.6 Å². The van der Waals surface area contributed by atoms with Gasteiger partial charge < -0.3 is 15.3 Å². The molecule has 0 aromatic carbocycles. The third kappa shape index (κ3) is 4.15. The fourth-order valence-corrected chi connectivity index (χ4v) is 2.34. The number of rotatable bonds is 8. The van der Waals surface area contributed by atoms with E-state index in [1.165, 1.54) is 19.3 Å². The molecule has 1 aliphatic carbocycles. The van der Waals surface area contributed by atoms with E-state index in [9.17, 15) is 5.11 Å². The van der Waals surface area contributed by atoms with Gasteiger partial charge in [-0.3, -0.25) is 0 Å². The van der Waals surface area contributed by atoms with E-state index in [1.54, 1.807) is 0 Å². The second kappa shape index (κ2) is 7.55. The van der Waals surface area contributed by atoms with Crippen molar-refractivity contribution in [3.63, 3.8) is 0 Å². The van der Waals surface area contributed by atoms with Crippen LogP contribution < -0.4 is 10.2 Å². The van der Waals surface area contributed by atoms with Crippen LogP contribution >= 0.6 is 0 Å². The van der Waals surface area contributed by atoms with Gasteiger partial charge >= 0.3 is 0 Å². The molecule has 1 aromatic heterocycles. The van der Waals surface area contributed by atoms with E-state index >= 15 is 0 Å². The van der Waals surface area contributed by atoms with Crippen molar-refractivity contribution >= 4 is 5.95 Å². The highest BCUT2D eigenvalue weighted by Crippen LogP contribution is 2.27. The first-order chi connectivity index (χ1) is 9.70. The van der Waals surface area contributed by atoms with Crippen LogP contribution in [0.5, 0.6) is 0 Å². The highest BCUT2D eigenvalue weighted by atomic mass is 16.3. The normalized spacial score (nSPS) is 15.4. The zero-order valence-electron chi connectivity index (χ0n) is 12.5. The maximum absolute atomic E-state index is 9.18. The van der Waals surface area contributed by atoms with Crippen molar-refractivity contribution in [3.8, 4) is 0 Å². The summed E-state index contributed by atoms with van der Waals surface area (Å²) in [7, 11) is 0. The van der Waals surface area contributed by atoms with E-state index in [0.29, 0.717) is 18.5 Å². The molecule has 0 bridgehead atoms. The van der Waals surface area contributed by atoms with Crippen molar-refractivity contribution in [1.29, 1.82) is 0 Å². The molecular weight excluding hydrogens is 252 g/mol. The predicted octanol–water partition coefficient (Wildman–Crippen LogP) is 1.57. The smallest absolute Gasteiger partial charge is 0.225 e. The standard InChI is InChI=1S/C15H26N4O/c1-12(2)8-16-9-13-10-17-15(18-11-13)19(6-7-20)14-4-3-5-14/h10-12,14,16,20H,3-9H2,1-2H3. The Balaban J connectivity index is 1.91. The summed E-state index contributed by atoms with van der Waals surface area (Å²) < 4.78 is 0. The van der Waals surface area contributed by atoms with Crippen LogP contribution in [0.1, 0.15) is 38.7 Å². The van der Waals surface area contributed by atoms with Crippen LogP contribution in [0.3, 0.4) is 0 Å². The molecule has 5 heteroatoms. The van der Waals surface area contributed by atoms with E-state index in [0.717, 1.165) is 24.6 Å². The van der Waals surface area contributed by atoms with Gasteiger partial charge in [-0.1, -0.05) is 13.8 Å². The number of aliphatic hydroxyl groups excluding tert-OH is 1. The zero-order valence-corrected chi connectivity index (χ0v) is 12.5. The number of aliphatic hydroxyl groups is 1. The third-order valence-corrected chi connectivity index (χ3v) is 3.69. The molecule has 1 aromatic rings. The second-order valence-corrected chi connectivity index (χ2v) is 5.92. The fraction of sp³-hybridized carbons (Fsp3) is 0.733. The Bertz CT molecular complexity index is 389. The lowest BCUT2D eigenvalue weighted by Gasteiger charge is -2.37. The molecule has 0 unspecified atom stereocenters. The number of hydrogen-bond donors (Lipinski definition) is 2. The Morgan fingerprint density at radius 2 is 2.05 bits per heavy atom. The van der Waals surface area contributed by atoms with Crippen LogP contribution in [0.2, 0.25) is 0 Å². The van der Waals surface area contributed by atoms with Gasteiger partial charge in [0.25, 0.3) is 0 Å². The molecule has 112 valence electrons. The fourth-order valence-electron chi connectivity index (χ4n) is 2.34. The summed E-state index contributed by atoms with van der Waals surface area (Å²) in [5, 5.41) is 12.6. The summed E-state index contributed by atoms with van der Waals surface area (Å²) in [4.78, 5) is 11.1. The van der Waals surface area contributed by atoms with E-state index in [1.807, 2.05) is 12.4 Å². The minimum Gasteiger partial charge on any atom is -0.395 e. The van der Waals surface area contributed by atoms with Crippen LogP contribution in [-0.2, 0) is 6.54 Å². The molecule has 0 aliphatic heterocycles. The molecule has 0 saturated heterocycles. The first-order valence-corrected chi connectivity index (χ1v) is 7.60. The molecule has 1 aliphatic rings. The maximum Gasteiger partial charge on any atom is 0.225 e. The Morgan fingerprint density at radius 1 is 1.35 bits per heavy atom. The van der Waals surface area contributed by atoms with Crippen molar-refractivity contribution < 1.29 is 5.11 Å². The summed E-state index contributed by atoms with van der Waals surface area (Å²) in [5.41, 5.74) is 1.10. The number of nitrogens with one attached hydrogen (secondary N) is 1. The molecule has 0 radical (unpaired) electrons. The van der Waals surface area contributed by atoms with Crippen LogP contribution in [-0.4, -0.2) is 40.8 Å². The van der Waals surface area contributed by atoms with E-state index in [-0.39, 0.29) is 6.61 Å². The summed E-state index contributed by atoms with van der Waals surface area (Å²) in [5.74, 6) is 1.39. The monoisotopic (exact) mass is 278 g/mol. The van der Waals surface area contributed by atoms with Gasteiger partial charge in [0.1, 0.15) is 0 Å². The van der Waals surface area contributed by atoms with Gasteiger partial charge in [0.05, 0.1) is 6.61 Å². The average molecular weight is 278 g/mol. The molecular formula is C15H26N4O. The topological polar surface area (TPSA) is 61.3 Å². The molecule has 0 amide bonds. The van der Waals surface area contributed by atoms with Gasteiger partial charge in [-0.15, -0.1) is 0 Å². The first-order valence-electron chi connectivity index (χ1n) is 7.60. The summed E-state index contributed by atoms with van der Waals surface area (Å²) in [6.45, 7) is 6.96. The largest absolute Gasteiger partial charge is 0.395 e. The Hall–Kier alpha value is -1.20. The van der Waals surface area contributed by atoms with Crippen LogP contribution in [0.15, 0.2) is 12.4 Å². The van der Waals surface area contributed by atoms with Crippen molar-refractivity contribution in [2.45, 2.75) is 45.7 Å². The van der Waals surface area contributed by atoms with Gasteiger partial charge in [0, 0.05) is 37.1 Å². The van der Waals surface area contributed by atoms with Crippen LogP contribution in [0.25, 0.3) is 0 Å². The van der Waals surface area contributed by atoms with Crippen molar-refractivity contribution in [3.05, 3.63) is 18.0 Å². The summed E-state index contributed by atoms with van der Waals surface area (Å²) >= 11 is 0. The summed E-state index contributed by atoms with van der Waals surface area (Å²) in [6, 6.07) is 0.507. The molecule has 0 spiro atoms. The van der Waals surface area contributed by atoms with E-state index in [2.05, 4.69) is 34.0 Å². The molecule has 1 saturated carbocycles. The number of nitrogens with zero attached hydrogens (tertiary/aromatic N) is 3. The van der Waals surface area contributed by atoms with Gasteiger partial charge in [-0.25, -0.2) is 9.97 Å². The van der Waals surface area contributed by atoms with Crippen molar-refractivity contribution in [2.24, 2.45) is 5.92 Å². The average Bonchev–Trinajstić information content (AvgIpc) is 2.37. The molecule has 0 atom stereocenters. The van der Waals surface area contributed by atoms with E-state index in [4.69, 9.17) is 0 Å². The first kappa shape index (κ1) is 15.2. The van der Waals surface area contributed by atoms with Gasteiger partial charge in [0.2, 0.25) is 5.95 Å². The van der Waals surface area contributed by atoms with Crippen molar-refractivity contribution in [1.82, 2.24) is 15.3 Å². The third-order valence-electron chi connectivity index (χ3n) is 3.69. The highest BCUT2D eigenvalue weighted by molar-refractivity contribution is 5.32. The zero-order chi connectivity index (χ0) is 14.4. The quantitative estimate of drug-likeness (QED) is 0.756. The SMILES string of the molecule is CC(C)CNCc1cnc(N(CCO)C2CCC2)nc1. The van der Waals surface area contributed by atoms with Gasteiger partial charge in [-0.05, 0) is 31.7 Å². The molecule has 20 heavy (non-hydrogen) atoms. The number of hydrogen-bond acceptors (Lipinski definition) is 5. The Morgan fingerprint density at radius 3 is 2.55 bits per heavy atom. The summed E-state index contributed by atoms with van der Waals surface area (Å²) in [6.07, 6.45) is 7.41. The maximum atomic E-state index is 9.18. The Labute approximate surface area is 121 Å². The molecule has 1 heterocycles. The lowest BCUT2D eigenvalue weighted by molar-refractivity contribution is 0.282. The molecule has 1 fully saturated rings.